The largest absolute Gasteiger partial charge is 0.337 e. The number of anilines is 2. The zero-order chi connectivity index (χ0) is 37.0. The molecule has 1 nitrogen and oxygen atoms in total. The number of hydrogen-bond acceptors (Lipinski definition) is 2. The van der Waals surface area contributed by atoms with Crippen molar-refractivity contribution in [2.45, 2.75) is 41.0 Å². The molecule has 1 aliphatic heterocycles. The van der Waals surface area contributed by atoms with Gasteiger partial charge in [-0.25, -0.2) is 0 Å². The smallest absolute Gasteiger partial charge is 0.0716 e. The van der Waals surface area contributed by atoms with Gasteiger partial charge in [-0.3, -0.25) is 0 Å². The predicted octanol–water partition coefficient (Wildman–Crippen LogP) is 13.8. The van der Waals surface area contributed by atoms with E-state index in [0.717, 1.165) is 0 Å². The Labute approximate surface area is 329 Å². The third-order valence-electron chi connectivity index (χ3n) is 11.9. The normalized spacial score (nSPS) is 14.3. The molecule has 0 atom stereocenters. The minimum atomic E-state index is -0.485. The first-order valence-corrected chi connectivity index (χ1v) is 20.0. The summed E-state index contributed by atoms with van der Waals surface area (Å²) in [6.45, 7) is 5.45. The van der Waals surface area contributed by atoms with Gasteiger partial charge in [-0.1, -0.05) is 189 Å². The lowest BCUT2D eigenvalue weighted by molar-refractivity contribution is 0.607. The van der Waals surface area contributed by atoms with Crippen molar-refractivity contribution in [1.29, 1.82) is 0 Å². The van der Waals surface area contributed by atoms with Crippen LogP contribution in [0.3, 0.4) is 0 Å². The van der Waals surface area contributed by atoms with Crippen LogP contribution in [0.5, 0.6) is 0 Å². The van der Waals surface area contributed by atoms with Crippen molar-refractivity contribution in [3.8, 4) is 22.3 Å². The summed E-state index contributed by atoms with van der Waals surface area (Å²) in [5, 5.41) is 0. The maximum Gasteiger partial charge on any atom is 0.0716 e. The van der Waals surface area contributed by atoms with E-state index in [9.17, 15) is 0 Å². The Kier molecular flexibility index (Phi) is 8.12. The Balaban J connectivity index is 1.19. The minimum absolute atomic E-state index is 0.142. The van der Waals surface area contributed by atoms with Gasteiger partial charge < -0.3 is 4.90 Å². The highest BCUT2D eigenvalue weighted by Gasteiger charge is 2.47. The van der Waals surface area contributed by atoms with E-state index in [1.807, 2.05) is 11.8 Å². The number of rotatable bonds is 7. The van der Waals surface area contributed by atoms with E-state index in [0.29, 0.717) is 6.54 Å². The minimum Gasteiger partial charge on any atom is -0.337 e. The van der Waals surface area contributed by atoms with Crippen LogP contribution >= 0.6 is 11.8 Å². The first-order valence-electron chi connectivity index (χ1n) is 19.2. The van der Waals surface area contributed by atoms with Gasteiger partial charge in [0.1, 0.15) is 0 Å². The van der Waals surface area contributed by atoms with Gasteiger partial charge in [0, 0.05) is 33.1 Å². The molecule has 55 heavy (non-hydrogen) atoms. The molecule has 0 radical (unpaired) electrons. The van der Waals surface area contributed by atoms with Crippen molar-refractivity contribution >= 4 is 23.1 Å². The second-order valence-corrected chi connectivity index (χ2v) is 16.4. The Morgan fingerprint density at radius 3 is 1.69 bits per heavy atom. The molecule has 0 spiro atoms. The van der Waals surface area contributed by atoms with E-state index in [1.54, 1.807) is 0 Å². The van der Waals surface area contributed by atoms with E-state index in [-0.39, 0.29) is 5.41 Å². The fourth-order valence-corrected chi connectivity index (χ4v) is 10.7. The first kappa shape index (κ1) is 33.5. The summed E-state index contributed by atoms with van der Waals surface area (Å²) in [6, 6.07) is 74.2. The lowest BCUT2D eigenvalue weighted by Crippen LogP contribution is -2.31. The van der Waals surface area contributed by atoms with E-state index in [4.69, 9.17) is 0 Å². The third-order valence-corrected chi connectivity index (χ3v) is 13.1. The molecule has 1 aliphatic carbocycles. The maximum atomic E-state index is 2.54. The molecule has 8 aromatic rings. The summed E-state index contributed by atoms with van der Waals surface area (Å²) in [7, 11) is 0. The molecule has 0 saturated heterocycles. The van der Waals surface area contributed by atoms with Crippen LogP contribution in [0.15, 0.2) is 210 Å². The van der Waals surface area contributed by atoms with E-state index in [2.05, 4.69) is 219 Å². The van der Waals surface area contributed by atoms with Gasteiger partial charge in [-0.15, -0.1) is 0 Å². The molecule has 0 N–H and O–H groups in total. The topological polar surface area (TPSA) is 3.24 Å². The maximum absolute atomic E-state index is 2.54. The Morgan fingerprint density at radius 2 is 0.964 bits per heavy atom. The molecule has 0 unspecified atom stereocenters. The average molecular weight is 724 g/mol. The Bertz CT molecular complexity index is 2650. The molecule has 0 bridgehead atoms. The van der Waals surface area contributed by atoms with E-state index in [1.165, 1.54) is 82.4 Å². The average Bonchev–Trinajstić information content (AvgIpc) is 3.55. The van der Waals surface area contributed by atoms with Gasteiger partial charge in [0.25, 0.3) is 0 Å². The molecular weight excluding hydrogens is 683 g/mol. The van der Waals surface area contributed by atoms with E-state index < -0.39 is 5.41 Å². The van der Waals surface area contributed by atoms with Crippen LogP contribution in [0.1, 0.15) is 52.8 Å². The summed E-state index contributed by atoms with van der Waals surface area (Å²) < 4.78 is 0. The van der Waals surface area contributed by atoms with Crippen LogP contribution < -0.4 is 4.90 Å². The zero-order valence-corrected chi connectivity index (χ0v) is 31.9. The van der Waals surface area contributed by atoms with Crippen LogP contribution in [0, 0.1) is 0 Å². The number of fused-ring (bicyclic) bond motifs is 5. The van der Waals surface area contributed by atoms with Gasteiger partial charge in [0.15, 0.2) is 0 Å². The highest BCUT2D eigenvalue weighted by atomic mass is 32.2. The Morgan fingerprint density at radius 1 is 0.418 bits per heavy atom. The van der Waals surface area contributed by atoms with E-state index >= 15 is 0 Å². The van der Waals surface area contributed by atoms with Gasteiger partial charge in [-0.05, 0) is 97.6 Å². The molecule has 264 valence electrons. The molecule has 2 heteroatoms. The molecule has 2 aliphatic rings. The summed E-state index contributed by atoms with van der Waals surface area (Å²) in [5.41, 5.74) is 16.1. The van der Waals surface area contributed by atoms with Gasteiger partial charge in [0.2, 0.25) is 0 Å². The number of benzene rings is 8. The molecule has 8 aromatic carbocycles. The fourth-order valence-electron chi connectivity index (χ4n) is 9.29. The standard InChI is InChI=1S/C53H41NS/c1-52(2)48-30-15-16-31-50(48)55-51-33-32-42(35-49(51)52)54(41-24-17-21-38(34-41)37-18-5-3-6-19-37)36-39-20-9-12-27-45(39)53(40-22-7-4-8-23-40)46-28-13-10-25-43(46)44-26-11-14-29-47(44)53/h3-35H,36H2,1-2H3. The highest BCUT2D eigenvalue weighted by Crippen LogP contribution is 2.57. The van der Waals surface area contributed by atoms with Crippen molar-refractivity contribution in [1.82, 2.24) is 0 Å². The van der Waals surface area contributed by atoms with Crippen LogP contribution in [0.25, 0.3) is 22.3 Å². The SMILES string of the molecule is CC1(C)c2ccccc2Sc2ccc(N(Cc3ccccc3C3(c4ccccc4)c4ccccc4-c4ccccc43)c3cccc(-c4ccccc4)c3)cc21. The first-order chi connectivity index (χ1) is 27.0. The van der Waals surface area contributed by atoms with Crippen molar-refractivity contribution in [2.24, 2.45) is 0 Å². The predicted molar refractivity (Wildman–Crippen MR) is 231 cm³/mol. The third kappa shape index (κ3) is 5.39. The monoisotopic (exact) mass is 723 g/mol. The van der Waals surface area contributed by atoms with Crippen LogP contribution in [-0.4, -0.2) is 0 Å². The summed E-state index contributed by atoms with van der Waals surface area (Å²) in [6.07, 6.45) is 0. The van der Waals surface area contributed by atoms with Gasteiger partial charge >= 0.3 is 0 Å². The molecule has 0 amide bonds. The van der Waals surface area contributed by atoms with Crippen molar-refractivity contribution in [3.63, 3.8) is 0 Å². The second kappa shape index (κ2) is 13.3. The quantitative estimate of drug-likeness (QED) is 0.161. The van der Waals surface area contributed by atoms with Crippen molar-refractivity contribution < 1.29 is 0 Å². The molecule has 0 fully saturated rings. The molecule has 1 heterocycles. The van der Waals surface area contributed by atoms with Gasteiger partial charge in [-0.2, -0.15) is 0 Å². The number of hydrogen-bond donors (Lipinski definition) is 0. The summed E-state index contributed by atoms with van der Waals surface area (Å²) >= 11 is 1.89. The fraction of sp³-hybridized carbons (Fsp3) is 0.0943. The van der Waals surface area contributed by atoms with Crippen LogP contribution in [-0.2, 0) is 17.4 Å². The van der Waals surface area contributed by atoms with Crippen molar-refractivity contribution in [3.05, 3.63) is 239 Å². The van der Waals surface area contributed by atoms with Crippen LogP contribution in [0.4, 0.5) is 11.4 Å². The molecule has 10 rings (SSSR count). The lowest BCUT2D eigenvalue weighted by atomic mass is 9.66. The summed E-state index contributed by atoms with van der Waals surface area (Å²) in [4.78, 5) is 5.21. The Hall–Kier alpha value is -6.09. The van der Waals surface area contributed by atoms with Crippen molar-refractivity contribution in [2.75, 3.05) is 4.90 Å². The van der Waals surface area contributed by atoms with Crippen LogP contribution in [0.2, 0.25) is 0 Å². The molecule has 0 aromatic heterocycles. The lowest BCUT2D eigenvalue weighted by Gasteiger charge is -2.38. The molecule has 0 saturated carbocycles. The van der Waals surface area contributed by atoms with Gasteiger partial charge in [0.05, 0.1) is 5.41 Å². The zero-order valence-electron chi connectivity index (χ0n) is 31.1. The summed E-state index contributed by atoms with van der Waals surface area (Å²) in [5.74, 6) is 0. The molecular formula is C53H41NS. The number of nitrogens with zero attached hydrogens (tertiary/aromatic N) is 1. The highest BCUT2D eigenvalue weighted by molar-refractivity contribution is 7.99. The second-order valence-electron chi connectivity index (χ2n) is 15.3.